The van der Waals surface area contributed by atoms with Gasteiger partial charge in [-0.15, -0.1) is 0 Å². The van der Waals surface area contributed by atoms with Gasteiger partial charge in [-0.25, -0.2) is 0 Å². The Balaban J connectivity index is 1.93. The lowest BCUT2D eigenvalue weighted by molar-refractivity contribution is -0.207. The van der Waals surface area contributed by atoms with Crippen molar-refractivity contribution in [2.75, 3.05) is 13.7 Å². The molecular formula is C28H42O2Si. The zero-order chi connectivity index (χ0) is 22.3. The van der Waals surface area contributed by atoms with Crippen LogP contribution in [0.2, 0.25) is 12.6 Å². The quantitative estimate of drug-likeness (QED) is 0.329. The summed E-state index contributed by atoms with van der Waals surface area (Å²) >= 11 is 0. The van der Waals surface area contributed by atoms with Crippen LogP contribution in [0, 0.1) is 17.3 Å². The van der Waals surface area contributed by atoms with Crippen LogP contribution in [-0.4, -0.2) is 28.1 Å². The molecule has 1 aliphatic carbocycles. The van der Waals surface area contributed by atoms with Gasteiger partial charge < -0.3 is 9.47 Å². The van der Waals surface area contributed by atoms with Gasteiger partial charge in [0.25, 0.3) is 0 Å². The average molecular weight is 439 g/mol. The van der Waals surface area contributed by atoms with Gasteiger partial charge in [0.2, 0.25) is 0 Å². The Morgan fingerprint density at radius 1 is 0.935 bits per heavy atom. The molecule has 3 rings (SSSR count). The first kappa shape index (κ1) is 24.2. The first-order valence-corrected chi connectivity index (χ1v) is 14.9. The summed E-state index contributed by atoms with van der Waals surface area (Å²) in [5.74, 6) is 1.51. The second kappa shape index (κ2) is 10.9. The molecule has 0 saturated heterocycles. The van der Waals surface area contributed by atoms with E-state index >= 15 is 0 Å². The predicted octanol–water partition coefficient (Wildman–Crippen LogP) is 6.11. The second-order valence-electron chi connectivity index (χ2n) is 10.0. The molecule has 0 bridgehead atoms. The predicted molar refractivity (Wildman–Crippen MR) is 135 cm³/mol. The number of methoxy groups -OCH3 is 1. The number of hydrogen-bond donors (Lipinski definition) is 0. The molecule has 170 valence electrons. The zero-order valence-corrected chi connectivity index (χ0v) is 21.3. The van der Waals surface area contributed by atoms with Crippen molar-refractivity contribution in [1.29, 1.82) is 0 Å². The summed E-state index contributed by atoms with van der Waals surface area (Å²) in [7, 11) is -0.0527. The zero-order valence-electron chi connectivity index (χ0n) is 20.3. The highest BCUT2D eigenvalue weighted by molar-refractivity contribution is 7.01. The van der Waals surface area contributed by atoms with Crippen LogP contribution in [0.4, 0.5) is 0 Å². The highest BCUT2D eigenvalue weighted by Gasteiger charge is 2.45. The van der Waals surface area contributed by atoms with E-state index in [0.717, 1.165) is 12.3 Å². The third kappa shape index (κ3) is 5.50. The summed E-state index contributed by atoms with van der Waals surface area (Å²) in [5.41, 5.74) is 0.0305. The SMILES string of the molecule is CCOC(OC)C(C)(CC[Si](C)(c1ccccc1)c1ccccc1)C1CCC(C)CC1. The summed E-state index contributed by atoms with van der Waals surface area (Å²) in [6.07, 6.45) is 6.24. The summed E-state index contributed by atoms with van der Waals surface area (Å²) < 4.78 is 12.2. The Kier molecular flexibility index (Phi) is 8.55. The molecule has 2 unspecified atom stereocenters. The van der Waals surface area contributed by atoms with Gasteiger partial charge in [0.05, 0.1) is 0 Å². The van der Waals surface area contributed by atoms with E-state index in [-0.39, 0.29) is 11.7 Å². The maximum absolute atomic E-state index is 6.21. The summed E-state index contributed by atoms with van der Waals surface area (Å²) in [6, 6.07) is 23.6. The number of ether oxygens (including phenoxy) is 2. The van der Waals surface area contributed by atoms with Crippen molar-refractivity contribution >= 4 is 18.4 Å². The number of rotatable bonds is 10. The van der Waals surface area contributed by atoms with Crippen molar-refractivity contribution in [3.63, 3.8) is 0 Å². The van der Waals surface area contributed by atoms with Crippen molar-refractivity contribution in [3.05, 3.63) is 60.7 Å². The molecule has 1 saturated carbocycles. The fourth-order valence-electron chi connectivity index (χ4n) is 5.70. The molecule has 0 radical (unpaired) electrons. The Morgan fingerprint density at radius 2 is 1.45 bits per heavy atom. The molecule has 0 N–H and O–H groups in total. The van der Waals surface area contributed by atoms with Gasteiger partial charge in [-0.3, -0.25) is 0 Å². The molecule has 1 fully saturated rings. The normalized spacial score (nSPS) is 22.6. The van der Waals surface area contributed by atoms with Crippen molar-refractivity contribution < 1.29 is 9.47 Å². The van der Waals surface area contributed by atoms with Gasteiger partial charge in [-0.1, -0.05) is 104 Å². The number of benzene rings is 2. The smallest absolute Gasteiger partial charge is 0.162 e. The van der Waals surface area contributed by atoms with Gasteiger partial charge in [0.1, 0.15) is 8.07 Å². The van der Waals surface area contributed by atoms with E-state index in [1.54, 1.807) is 0 Å². The topological polar surface area (TPSA) is 18.5 Å². The molecule has 2 atom stereocenters. The molecule has 0 aromatic heterocycles. The molecule has 2 nitrogen and oxygen atoms in total. The lowest BCUT2D eigenvalue weighted by Crippen LogP contribution is -2.57. The Hall–Kier alpha value is -1.42. The standard InChI is InChI=1S/C28H42O2Si/c1-6-30-27(29-4)28(3,24-19-17-23(2)18-20-24)21-22-31(5,25-13-9-7-10-14-25)26-15-11-8-12-16-26/h7-16,23-24,27H,6,17-22H2,1-5H3. The van der Waals surface area contributed by atoms with Crippen molar-refractivity contribution in [2.24, 2.45) is 17.3 Å². The van der Waals surface area contributed by atoms with Gasteiger partial charge in [-0.2, -0.15) is 0 Å². The minimum Gasteiger partial charge on any atom is -0.355 e. The highest BCUT2D eigenvalue weighted by atomic mass is 28.3. The van der Waals surface area contributed by atoms with Crippen molar-refractivity contribution in [2.45, 2.75) is 71.8 Å². The number of hydrogen-bond acceptors (Lipinski definition) is 2. The van der Waals surface area contributed by atoms with Crippen LogP contribution in [0.15, 0.2) is 60.7 Å². The Labute approximate surface area is 191 Å². The molecule has 0 spiro atoms. The second-order valence-corrected chi connectivity index (χ2v) is 14.4. The fourth-order valence-corrected chi connectivity index (χ4v) is 9.51. The van der Waals surface area contributed by atoms with Crippen LogP contribution in [0.5, 0.6) is 0 Å². The van der Waals surface area contributed by atoms with Crippen LogP contribution in [0.1, 0.15) is 52.9 Å². The maximum Gasteiger partial charge on any atom is 0.162 e. The average Bonchev–Trinajstić information content (AvgIpc) is 2.82. The summed E-state index contributed by atoms with van der Waals surface area (Å²) in [4.78, 5) is 0. The minimum absolute atomic E-state index is 0.0305. The van der Waals surface area contributed by atoms with Gasteiger partial charge in [-0.05, 0) is 44.1 Å². The lowest BCUT2D eigenvalue weighted by Gasteiger charge is -2.46. The molecule has 31 heavy (non-hydrogen) atoms. The summed E-state index contributed by atoms with van der Waals surface area (Å²) in [6.45, 7) is 10.2. The molecule has 2 aromatic rings. The van der Waals surface area contributed by atoms with Crippen LogP contribution in [0.25, 0.3) is 0 Å². The molecule has 1 aliphatic rings. The van der Waals surface area contributed by atoms with Crippen LogP contribution in [0.3, 0.4) is 0 Å². The van der Waals surface area contributed by atoms with E-state index in [4.69, 9.17) is 9.47 Å². The third-order valence-electron chi connectivity index (χ3n) is 8.00. The van der Waals surface area contributed by atoms with Crippen LogP contribution < -0.4 is 10.4 Å². The van der Waals surface area contributed by atoms with Gasteiger partial charge in [0.15, 0.2) is 6.29 Å². The van der Waals surface area contributed by atoms with Crippen LogP contribution >= 0.6 is 0 Å². The van der Waals surface area contributed by atoms with Crippen molar-refractivity contribution in [3.8, 4) is 0 Å². The fraction of sp³-hybridized carbons (Fsp3) is 0.571. The third-order valence-corrected chi connectivity index (χ3v) is 12.5. The van der Waals surface area contributed by atoms with E-state index in [2.05, 4.69) is 88.0 Å². The molecule has 3 heteroatoms. The molecule has 0 heterocycles. The van der Waals surface area contributed by atoms with E-state index in [0.29, 0.717) is 12.5 Å². The van der Waals surface area contributed by atoms with Gasteiger partial charge in [0, 0.05) is 19.1 Å². The maximum atomic E-state index is 6.21. The molecule has 2 aromatic carbocycles. The highest BCUT2D eigenvalue weighted by Crippen LogP contribution is 2.47. The van der Waals surface area contributed by atoms with Crippen LogP contribution in [-0.2, 0) is 9.47 Å². The molecule has 0 aliphatic heterocycles. The van der Waals surface area contributed by atoms with Crippen molar-refractivity contribution in [1.82, 2.24) is 0 Å². The van der Waals surface area contributed by atoms with E-state index < -0.39 is 8.07 Å². The van der Waals surface area contributed by atoms with Gasteiger partial charge >= 0.3 is 0 Å². The first-order chi connectivity index (χ1) is 14.9. The Morgan fingerprint density at radius 3 is 1.90 bits per heavy atom. The van der Waals surface area contributed by atoms with E-state index in [1.165, 1.54) is 42.1 Å². The van der Waals surface area contributed by atoms with E-state index in [1.807, 2.05) is 7.11 Å². The first-order valence-electron chi connectivity index (χ1n) is 12.2. The largest absolute Gasteiger partial charge is 0.355 e. The molecule has 0 amide bonds. The monoisotopic (exact) mass is 438 g/mol. The lowest BCUT2D eigenvalue weighted by atomic mass is 9.66. The summed E-state index contributed by atoms with van der Waals surface area (Å²) in [5, 5.41) is 3.04. The van der Waals surface area contributed by atoms with E-state index in [9.17, 15) is 0 Å². The minimum atomic E-state index is -1.88. The Bertz CT molecular complexity index is 731. The molecular weight excluding hydrogens is 396 g/mol.